The molecule has 26 heavy (non-hydrogen) atoms. The third-order valence-electron chi connectivity index (χ3n) is 4.78. The van der Waals surface area contributed by atoms with Crippen LogP contribution in [0.15, 0.2) is 17.1 Å². The number of rotatable bonds is 3. The highest BCUT2D eigenvalue weighted by atomic mass is 19.4. The SMILES string of the molecule is CC1CC(C(=O)N=C(N)c2ccc(C(F)(F)F)nc2C2(F)CC2)CCN1. The minimum atomic E-state index is -4.69. The van der Waals surface area contributed by atoms with Crippen LogP contribution >= 0.6 is 0 Å². The maximum Gasteiger partial charge on any atom is 0.433 e. The van der Waals surface area contributed by atoms with E-state index in [4.69, 9.17) is 5.73 Å². The summed E-state index contributed by atoms with van der Waals surface area (Å²) in [6.07, 6.45) is -3.35. The first kappa shape index (κ1) is 18.8. The van der Waals surface area contributed by atoms with Gasteiger partial charge in [-0.25, -0.2) is 9.37 Å². The Morgan fingerprint density at radius 3 is 2.65 bits per heavy atom. The largest absolute Gasteiger partial charge is 0.433 e. The number of nitrogens with two attached hydrogens (primary N) is 1. The molecular weight excluding hydrogens is 352 g/mol. The molecule has 2 atom stereocenters. The van der Waals surface area contributed by atoms with E-state index in [-0.39, 0.29) is 41.9 Å². The van der Waals surface area contributed by atoms with Crippen LogP contribution < -0.4 is 11.1 Å². The fraction of sp³-hybridized carbons (Fsp3) is 0.588. The van der Waals surface area contributed by atoms with Crippen LogP contribution in [0.5, 0.6) is 0 Å². The van der Waals surface area contributed by atoms with E-state index in [2.05, 4.69) is 15.3 Å². The maximum atomic E-state index is 14.5. The zero-order valence-corrected chi connectivity index (χ0v) is 14.2. The molecule has 142 valence electrons. The monoisotopic (exact) mass is 372 g/mol. The van der Waals surface area contributed by atoms with Crippen LogP contribution in [-0.4, -0.2) is 29.3 Å². The van der Waals surface area contributed by atoms with Crippen molar-refractivity contribution in [3.8, 4) is 0 Å². The predicted molar refractivity (Wildman–Crippen MR) is 87.2 cm³/mol. The van der Waals surface area contributed by atoms with E-state index in [0.29, 0.717) is 19.4 Å². The highest BCUT2D eigenvalue weighted by Crippen LogP contribution is 2.50. The number of aromatic nitrogens is 1. The predicted octanol–water partition coefficient (Wildman–Crippen LogP) is 2.68. The number of pyridine rings is 1. The number of amides is 1. The number of halogens is 4. The van der Waals surface area contributed by atoms with Crippen LogP contribution in [0.4, 0.5) is 17.6 Å². The Balaban J connectivity index is 1.91. The van der Waals surface area contributed by atoms with Crippen LogP contribution in [0.1, 0.15) is 49.6 Å². The number of carbonyl (C=O) groups excluding carboxylic acids is 1. The Hall–Kier alpha value is -2.03. The lowest BCUT2D eigenvalue weighted by Crippen LogP contribution is -2.38. The molecule has 2 unspecified atom stereocenters. The van der Waals surface area contributed by atoms with Crippen LogP contribution in [0, 0.1) is 5.92 Å². The van der Waals surface area contributed by atoms with Crippen LogP contribution in [0.2, 0.25) is 0 Å². The van der Waals surface area contributed by atoms with Crippen LogP contribution in [0.25, 0.3) is 0 Å². The molecule has 9 heteroatoms. The first-order valence-electron chi connectivity index (χ1n) is 8.49. The van der Waals surface area contributed by atoms with Gasteiger partial charge in [0.15, 0.2) is 5.67 Å². The molecule has 2 heterocycles. The Bertz CT molecular complexity index is 743. The van der Waals surface area contributed by atoms with Gasteiger partial charge in [-0.15, -0.1) is 0 Å². The summed E-state index contributed by atoms with van der Waals surface area (Å²) < 4.78 is 53.2. The molecule has 3 N–H and O–H groups in total. The van der Waals surface area contributed by atoms with Gasteiger partial charge in [0.1, 0.15) is 11.5 Å². The lowest BCUT2D eigenvalue weighted by molar-refractivity contribution is -0.141. The molecule has 1 aliphatic heterocycles. The van der Waals surface area contributed by atoms with E-state index in [1.54, 1.807) is 0 Å². The number of amidine groups is 1. The summed E-state index contributed by atoms with van der Waals surface area (Å²) in [5, 5.41) is 3.21. The van der Waals surface area contributed by atoms with Gasteiger partial charge in [0.2, 0.25) is 0 Å². The third kappa shape index (κ3) is 3.87. The van der Waals surface area contributed by atoms with Gasteiger partial charge in [-0.2, -0.15) is 18.2 Å². The van der Waals surface area contributed by atoms with Crippen molar-refractivity contribution in [3.05, 3.63) is 29.1 Å². The van der Waals surface area contributed by atoms with Gasteiger partial charge in [-0.3, -0.25) is 4.79 Å². The number of aliphatic imine (C=N–C) groups is 1. The fourth-order valence-corrected chi connectivity index (χ4v) is 3.14. The van der Waals surface area contributed by atoms with Gasteiger partial charge in [0, 0.05) is 17.5 Å². The third-order valence-corrected chi connectivity index (χ3v) is 4.78. The van der Waals surface area contributed by atoms with Gasteiger partial charge in [0.05, 0.1) is 5.69 Å². The molecule has 1 aromatic heterocycles. The Morgan fingerprint density at radius 1 is 1.38 bits per heavy atom. The van der Waals surface area contributed by atoms with E-state index in [1.807, 2.05) is 6.92 Å². The van der Waals surface area contributed by atoms with E-state index in [9.17, 15) is 22.4 Å². The summed E-state index contributed by atoms with van der Waals surface area (Å²) in [7, 11) is 0. The van der Waals surface area contributed by atoms with Gasteiger partial charge in [0.25, 0.3) is 5.91 Å². The smallest absolute Gasteiger partial charge is 0.383 e. The van der Waals surface area contributed by atoms with Crippen molar-refractivity contribution in [1.29, 1.82) is 0 Å². The minimum absolute atomic E-state index is 0.0478. The van der Waals surface area contributed by atoms with Gasteiger partial charge >= 0.3 is 6.18 Å². The second-order valence-electron chi connectivity index (χ2n) is 6.97. The van der Waals surface area contributed by atoms with Crippen molar-refractivity contribution >= 4 is 11.7 Å². The standard InChI is InChI=1S/C17H20F4N4O/c1-9-8-10(4-7-23-9)15(26)25-14(22)11-2-3-12(17(19,20)21)24-13(11)16(18)5-6-16/h2-3,9-10,23H,4-8H2,1H3,(H2,22,25,26). The molecule has 3 rings (SSSR count). The van der Waals surface area contributed by atoms with Crippen molar-refractivity contribution in [2.24, 2.45) is 16.6 Å². The van der Waals surface area contributed by atoms with Crippen molar-refractivity contribution < 1.29 is 22.4 Å². The molecule has 5 nitrogen and oxygen atoms in total. The quantitative estimate of drug-likeness (QED) is 0.486. The normalized spacial score (nSPS) is 25.8. The Labute approximate surface area is 148 Å². The summed E-state index contributed by atoms with van der Waals surface area (Å²) in [4.78, 5) is 19.6. The van der Waals surface area contributed by atoms with E-state index >= 15 is 0 Å². The van der Waals surface area contributed by atoms with Gasteiger partial charge in [-0.1, -0.05) is 0 Å². The van der Waals surface area contributed by atoms with E-state index in [0.717, 1.165) is 12.1 Å². The maximum absolute atomic E-state index is 14.5. The van der Waals surface area contributed by atoms with Gasteiger partial charge < -0.3 is 11.1 Å². The van der Waals surface area contributed by atoms with Gasteiger partial charge in [-0.05, 0) is 51.3 Å². The molecule has 2 fully saturated rings. The molecule has 0 bridgehead atoms. The number of piperidine rings is 1. The molecule has 1 aromatic rings. The van der Waals surface area contributed by atoms with Crippen molar-refractivity contribution in [1.82, 2.24) is 10.3 Å². The second-order valence-corrected chi connectivity index (χ2v) is 6.97. The summed E-state index contributed by atoms with van der Waals surface area (Å²) >= 11 is 0. The summed E-state index contributed by atoms with van der Waals surface area (Å²) in [5.74, 6) is -1.04. The molecule has 1 saturated carbocycles. The van der Waals surface area contributed by atoms with E-state index in [1.165, 1.54) is 0 Å². The van der Waals surface area contributed by atoms with Crippen molar-refractivity contribution in [3.63, 3.8) is 0 Å². The second kappa shape index (κ2) is 6.61. The molecule has 1 saturated heterocycles. The van der Waals surface area contributed by atoms with Crippen molar-refractivity contribution in [2.75, 3.05) is 6.54 Å². The minimum Gasteiger partial charge on any atom is -0.383 e. The highest BCUT2D eigenvalue weighted by molar-refractivity contribution is 6.05. The average Bonchev–Trinajstić information content (AvgIpc) is 3.32. The lowest BCUT2D eigenvalue weighted by atomic mass is 9.92. The first-order chi connectivity index (χ1) is 12.1. The number of nitrogens with one attached hydrogen (secondary N) is 1. The number of alkyl halides is 4. The zero-order chi connectivity index (χ0) is 19.1. The fourth-order valence-electron chi connectivity index (χ4n) is 3.14. The summed E-state index contributed by atoms with van der Waals surface area (Å²) in [6.45, 7) is 2.62. The van der Waals surface area contributed by atoms with Crippen LogP contribution in [-0.2, 0) is 16.6 Å². The zero-order valence-electron chi connectivity index (χ0n) is 14.2. The summed E-state index contributed by atoms with van der Waals surface area (Å²) in [6, 6.07) is 1.93. The van der Waals surface area contributed by atoms with Crippen LogP contribution in [0.3, 0.4) is 0 Å². The molecule has 0 radical (unpaired) electrons. The topological polar surface area (TPSA) is 80.4 Å². The highest BCUT2D eigenvalue weighted by Gasteiger charge is 2.49. The number of nitrogens with zero attached hydrogens (tertiary/aromatic N) is 2. The number of carbonyl (C=O) groups is 1. The molecule has 0 aromatic carbocycles. The average molecular weight is 372 g/mol. The molecule has 0 spiro atoms. The van der Waals surface area contributed by atoms with Crippen molar-refractivity contribution in [2.45, 2.75) is 50.5 Å². The molecule has 1 aliphatic carbocycles. The first-order valence-corrected chi connectivity index (χ1v) is 8.49. The summed E-state index contributed by atoms with van der Waals surface area (Å²) in [5.41, 5.74) is 2.28. The Morgan fingerprint density at radius 2 is 2.08 bits per heavy atom. The lowest BCUT2D eigenvalue weighted by Gasteiger charge is -2.25. The molecular formula is C17H20F4N4O. The molecule has 1 amide bonds. The molecule has 2 aliphatic rings. The number of hydrogen-bond donors (Lipinski definition) is 2. The number of hydrogen-bond acceptors (Lipinski definition) is 3. The Kier molecular flexibility index (Phi) is 4.76. The van der Waals surface area contributed by atoms with E-state index < -0.39 is 23.4 Å².